The molecule has 2 aliphatic rings. The van der Waals surface area contributed by atoms with E-state index in [0.717, 1.165) is 28.0 Å². The van der Waals surface area contributed by atoms with Gasteiger partial charge in [-0.2, -0.15) is 0 Å². The lowest BCUT2D eigenvalue weighted by molar-refractivity contribution is -0.150. The number of rotatable bonds is 9. The van der Waals surface area contributed by atoms with Gasteiger partial charge in [0.05, 0.1) is 0 Å². The first-order valence-electron chi connectivity index (χ1n) is 11.2. The van der Waals surface area contributed by atoms with Crippen LogP contribution in [0.4, 0.5) is 5.13 Å². The maximum Gasteiger partial charge on any atom is 0.352 e. The highest BCUT2D eigenvalue weighted by Gasteiger charge is 2.54. The van der Waals surface area contributed by atoms with Crippen molar-refractivity contribution in [2.24, 2.45) is 5.16 Å². The van der Waals surface area contributed by atoms with Crippen molar-refractivity contribution in [2.75, 3.05) is 24.3 Å². The molecule has 1 saturated heterocycles. The minimum Gasteiger partial charge on any atom is -0.504 e. The Morgan fingerprint density at radius 3 is 2.76 bits per heavy atom. The van der Waals surface area contributed by atoms with Gasteiger partial charge in [0.15, 0.2) is 22.3 Å². The summed E-state index contributed by atoms with van der Waals surface area (Å²) in [7, 11) is 1.26. The zero-order valence-corrected chi connectivity index (χ0v) is 24.0. The highest BCUT2D eigenvalue weighted by atomic mass is 35.5. The van der Waals surface area contributed by atoms with E-state index in [-0.39, 0.29) is 68.8 Å². The number of β-lactam (4-membered cyclic amide) rings is 1. The smallest absolute Gasteiger partial charge is 0.352 e. The number of aliphatic carboxylic acids is 1. The van der Waals surface area contributed by atoms with Crippen molar-refractivity contribution < 1.29 is 39.0 Å². The molecule has 2 aliphatic heterocycles. The number of fused-ring (bicyclic) bond motifs is 1. The van der Waals surface area contributed by atoms with Gasteiger partial charge in [0, 0.05) is 22.4 Å². The van der Waals surface area contributed by atoms with Gasteiger partial charge >= 0.3 is 5.97 Å². The second kappa shape index (κ2) is 12.2. The highest BCUT2D eigenvalue weighted by Crippen LogP contribution is 2.42. The molecular formula is C22H20ClN7O8S3. The number of carboxylic acids is 1. The van der Waals surface area contributed by atoms with E-state index in [9.17, 15) is 29.7 Å². The number of thiazole rings is 1. The van der Waals surface area contributed by atoms with Crippen molar-refractivity contribution in [1.29, 1.82) is 0 Å². The zero-order valence-electron chi connectivity index (χ0n) is 20.7. The number of carbonyl (C=O) groups is 3. The Morgan fingerprint density at radius 1 is 1.32 bits per heavy atom. The summed E-state index contributed by atoms with van der Waals surface area (Å²) in [5.74, 6) is -2.74. The van der Waals surface area contributed by atoms with Crippen LogP contribution in [0.15, 0.2) is 49.6 Å². The Morgan fingerprint density at radius 2 is 2.10 bits per heavy atom. The normalized spacial score (nSPS) is 18.3. The molecule has 0 radical (unpaired) electrons. The number of anilines is 1. The lowest BCUT2D eigenvalue weighted by atomic mass is 10.0. The van der Waals surface area contributed by atoms with Gasteiger partial charge in [-0.3, -0.25) is 14.5 Å². The first kappa shape index (κ1) is 30.0. The Labute approximate surface area is 249 Å². The van der Waals surface area contributed by atoms with Crippen LogP contribution < -0.4 is 11.1 Å². The summed E-state index contributed by atoms with van der Waals surface area (Å²) >= 11 is 3.48. The van der Waals surface area contributed by atoms with Gasteiger partial charge in [-0.25, -0.2) is 9.78 Å². The molecule has 3 aromatic rings. The van der Waals surface area contributed by atoms with Crippen molar-refractivity contribution in [3.8, 4) is 23.0 Å². The van der Waals surface area contributed by atoms with E-state index >= 15 is 0 Å². The van der Waals surface area contributed by atoms with Crippen LogP contribution in [0.25, 0.3) is 11.5 Å². The first-order valence-corrected chi connectivity index (χ1v) is 14.1. The number of aromatic hydroxyl groups is 2. The topological polar surface area (TPSA) is 227 Å². The number of oxime groups is 1. The largest absolute Gasteiger partial charge is 0.504 e. The summed E-state index contributed by atoms with van der Waals surface area (Å²) in [4.78, 5) is 48.0. The summed E-state index contributed by atoms with van der Waals surface area (Å²) in [5.41, 5.74) is 6.31. The van der Waals surface area contributed by atoms with Gasteiger partial charge in [0.1, 0.15) is 29.9 Å². The number of benzene rings is 1. The number of carboxylic acid groups (broad SMARTS) is 1. The number of nitrogens with zero attached hydrogens (tertiary/aromatic N) is 5. The summed E-state index contributed by atoms with van der Waals surface area (Å²) in [6, 6.07) is 3.04. The fourth-order valence-corrected chi connectivity index (χ4v) is 6.68. The number of halogens is 1. The maximum absolute atomic E-state index is 13.0. The number of nitrogens with one attached hydrogen (secondary N) is 1. The van der Waals surface area contributed by atoms with Crippen LogP contribution in [-0.2, 0) is 19.2 Å². The standard InChI is InChI=1S/C22H19N7O8S3.ClH/c1-36-28-13(10-7-39-21(23)24-10)16(32)25-14-18(33)29-15(20(34)35)9(5-38-19(14)29)6-40-22-27-26-17(37-22)8-2-3-11(30)12(31)4-8;/h2-4,7,14,19,30-31H,5-6H2,1H3,(H2,23,24)(H,25,32)(H,34,35);1H/b28-13-;/t14-,19-;/m1./s1. The van der Waals surface area contributed by atoms with Crippen LogP contribution in [0.5, 0.6) is 11.5 Å². The summed E-state index contributed by atoms with van der Waals surface area (Å²) < 4.78 is 5.58. The second-order valence-corrected chi connectivity index (χ2v) is 11.1. The molecule has 0 spiro atoms. The highest BCUT2D eigenvalue weighted by molar-refractivity contribution is 8.01. The third-order valence-corrected chi connectivity index (χ3v) is 8.62. The van der Waals surface area contributed by atoms with E-state index in [1.165, 1.54) is 42.5 Å². The van der Waals surface area contributed by atoms with Gasteiger partial charge < -0.3 is 35.6 Å². The van der Waals surface area contributed by atoms with Crippen LogP contribution in [0.2, 0.25) is 0 Å². The second-order valence-electron chi connectivity index (χ2n) is 8.18. The quantitative estimate of drug-likeness (QED) is 0.0733. The molecular weight excluding hydrogens is 622 g/mol. The molecule has 0 bridgehead atoms. The van der Waals surface area contributed by atoms with Gasteiger partial charge in [0.25, 0.3) is 17.0 Å². The van der Waals surface area contributed by atoms with Crippen molar-refractivity contribution in [2.45, 2.75) is 16.6 Å². The Balaban J connectivity index is 0.00000387. The lowest BCUT2D eigenvalue weighted by Crippen LogP contribution is -2.71. The number of nitrogens with two attached hydrogens (primary N) is 1. The molecule has 6 N–H and O–H groups in total. The van der Waals surface area contributed by atoms with Crippen molar-refractivity contribution in [1.82, 2.24) is 25.4 Å². The van der Waals surface area contributed by atoms with Crippen LogP contribution in [-0.4, -0.2) is 88.9 Å². The van der Waals surface area contributed by atoms with Crippen LogP contribution in [0.3, 0.4) is 0 Å². The summed E-state index contributed by atoms with van der Waals surface area (Å²) in [5, 5.41) is 44.4. The molecule has 0 saturated carbocycles. The van der Waals surface area contributed by atoms with Crippen molar-refractivity contribution >= 4 is 75.9 Å². The van der Waals surface area contributed by atoms with Crippen molar-refractivity contribution in [3.05, 3.63) is 40.5 Å². The van der Waals surface area contributed by atoms with Gasteiger partial charge in [0.2, 0.25) is 5.89 Å². The van der Waals surface area contributed by atoms with E-state index in [4.69, 9.17) is 15.0 Å². The monoisotopic (exact) mass is 641 g/mol. The van der Waals surface area contributed by atoms with E-state index in [1.807, 2.05) is 0 Å². The Hall–Kier alpha value is -4.00. The van der Waals surface area contributed by atoms with Crippen molar-refractivity contribution in [3.63, 3.8) is 0 Å². The predicted molar refractivity (Wildman–Crippen MR) is 151 cm³/mol. The SMILES string of the molecule is CO/N=C(\C(=O)N[C@@H]1C(=O)N2C(C(=O)O)=C(CSc3nnc(-c4ccc(O)c(O)c4)o3)CS[C@H]12)c1csc(N)n1.Cl. The number of nitrogen functional groups attached to an aromatic ring is 1. The first-order chi connectivity index (χ1) is 19.2. The molecule has 0 unspecified atom stereocenters. The number of hydrogen-bond acceptors (Lipinski definition) is 15. The Kier molecular flexibility index (Phi) is 8.95. The number of hydrogen-bond donors (Lipinski definition) is 5. The fraction of sp³-hybridized carbons (Fsp3) is 0.227. The number of amides is 2. The Bertz CT molecular complexity index is 1580. The number of carbonyl (C=O) groups excluding carboxylic acids is 2. The molecule has 41 heavy (non-hydrogen) atoms. The molecule has 19 heteroatoms. The summed E-state index contributed by atoms with van der Waals surface area (Å²) in [6.07, 6.45) is 0. The van der Waals surface area contributed by atoms with E-state index in [1.54, 1.807) is 0 Å². The van der Waals surface area contributed by atoms with E-state index in [2.05, 4.69) is 25.7 Å². The van der Waals surface area contributed by atoms with Gasteiger partial charge in [-0.15, -0.1) is 45.7 Å². The van der Waals surface area contributed by atoms with Gasteiger partial charge in [-0.1, -0.05) is 16.9 Å². The third kappa shape index (κ3) is 5.90. The average molecular weight is 642 g/mol. The molecule has 1 fully saturated rings. The average Bonchev–Trinajstić information content (AvgIpc) is 3.59. The molecule has 2 aromatic heterocycles. The van der Waals surface area contributed by atoms with Gasteiger partial charge in [-0.05, 0) is 23.8 Å². The van der Waals surface area contributed by atoms with Crippen LogP contribution in [0.1, 0.15) is 5.69 Å². The number of thioether (sulfide) groups is 2. The van der Waals surface area contributed by atoms with Crippen LogP contribution in [0, 0.1) is 0 Å². The molecule has 1 aromatic carbocycles. The maximum atomic E-state index is 13.0. The molecule has 2 amide bonds. The van der Waals surface area contributed by atoms with E-state index in [0.29, 0.717) is 11.1 Å². The lowest BCUT2D eigenvalue weighted by Gasteiger charge is -2.49. The number of phenolic OH excluding ortho intramolecular Hbond substituents is 2. The minimum absolute atomic E-state index is 0. The molecule has 2 atom stereocenters. The molecule has 4 heterocycles. The third-order valence-electron chi connectivity index (χ3n) is 5.70. The molecule has 15 nitrogen and oxygen atoms in total. The summed E-state index contributed by atoms with van der Waals surface area (Å²) in [6.45, 7) is 0. The molecule has 216 valence electrons. The minimum atomic E-state index is -1.29. The molecule has 0 aliphatic carbocycles. The number of aromatic nitrogens is 3. The molecule has 5 rings (SSSR count). The zero-order chi connectivity index (χ0) is 28.6. The van der Waals surface area contributed by atoms with Crippen LogP contribution >= 0.6 is 47.3 Å². The fourth-order valence-electron chi connectivity index (χ4n) is 3.89. The number of phenols is 2. The predicted octanol–water partition coefficient (Wildman–Crippen LogP) is 1.49. The van der Waals surface area contributed by atoms with E-state index < -0.39 is 29.2 Å².